The second-order valence-electron chi connectivity index (χ2n) is 4.98. The number of unbranched alkanes of at least 4 members (excludes halogenated alkanes) is 1. The maximum atomic E-state index is 6.00. The van der Waals surface area contributed by atoms with Crippen molar-refractivity contribution in [3.8, 4) is 0 Å². The summed E-state index contributed by atoms with van der Waals surface area (Å²) >= 11 is 0. The van der Waals surface area contributed by atoms with Crippen molar-refractivity contribution in [2.75, 3.05) is 5.73 Å². The lowest BCUT2D eigenvalue weighted by atomic mass is 9.90. The van der Waals surface area contributed by atoms with E-state index in [9.17, 15) is 0 Å². The summed E-state index contributed by atoms with van der Waals surface area (Å²) in [5.74, 6) is 7.06. The molecule has 2 unspecified atom stereocenters. The number of anilines is 1. The van der Waals surface area contributed by atoms with Gasteiger partial charge in [-0.05, 0) is 12.3 Å². The summed E-state index contributed by atoms with van der Waals surface area (Å²) in [5, 5.41) is 4.18. The summed E-state index contributed by atoms with van der Waals surface area (Å²) in [4.78, 5) is 0. The highest BCUT2D eigenvalue weighted by Gasteiger charge is 2.19. The molecule has 0 aliphatic carbocycles. The molecule has 0 saturated heterocycles. The molecule has 0 amide bonds. The van der Waals surface area contributed by atoms with Gasteiger partial charge in [0.1, 0.15) is 5.82 Å². The van der Waals surface area contributed by atoms with Crippen molar-refractivity contribution < 1.29 is 0 Å². The molecule has 5 N–H and O–H groups in total. The van der Waals surface area contributed by atoms with Gasteiger partial charge in [0.05, 0.1) is 12.2 Å². The first-order chi connectivity index (χ1) is 8.63. The zero-order chi connectivity index (χ0) is 13.5. The van der Waals surface area contributed by atoms with E-state index in [4.69, 9.17) is 11.6 Å². The van der Waals surface area contributed by atoms with Gasteiger partial charge in [-0.3, -0.25) is 16.0 Å². The van der Waals surface area contributed by atoms with Crippen LogP contribution in [0.4, 0.5) is 5.82 Å². The molecule has 2 atom stereocenters. The van der Waals surface area contributed by atoms with Crippen LogP contribution < -0.4 is 17.0 Å². The first-order valence-electron chi connectivity index (χ1n) is 6.87. The Hall–Kier alpha value is -1.07. The standard InChI is InChI=1S/C13H27N5/c1-4-6-7-10(5-2)8-12(17-15)11-9-16-18(3)13(11)14/h9-10,12,17H,4-8,14-15H2,1-3H3. The average molecular weight is 253 g/mol. The van der Waals surface area contributed by atoms with Crippen LogP contribution in [0.2, 0.25) is 0 Å². The molecule has 0 saturated carbocycles. The molecular formula is C13H27N5. The fourth-order valence-corrected chi connectivity index (χ4v) is 2.33. The summed E-state index contributed by atoms with van der Waals surface area (Å²) in [6.45, 7) is 4.46. The maximum absolute atomic E-state index is 6.00. The van der Waals surface area contributed by atoms with E-state index in [0.29, 0.717) is 11.7 Å². The summed E-state index contributed by atoms with van der Waals surface area (Å²) in [5.41, 5.74) is 9.89. The predicted molar refractivity (Wildman–Crippen MR) is 75.6 cm³/mol. The monoisotopic (exact) mass is 253 g/mol. The molecule has 5 nitrogen and oxygen atoms in total. The first kappa shape index (κ1) is 15.0. The second-order valence-corrected chi connectivity index (χ2v) is 4.98. The number of nitrogens with two attached hydrogens (primary N) is 2. The number of aryl methyl sites for hydroxylation is 1. The minimum Gasteiger partial charge on any atom is -0.384 e. The molecule has 0 spiro atoms. The molecular weight excluding hydrogens is 226 g/mol. The van der Waals surface area contributed by atoms with Gasteiger partial charge in [0.2, 0.25) is 0 Å². The Morgan fingerprint density at radius 2 is 2.17 bits per heavy atom. The quantitative estimate of drug-likeness (QED) is 0.489. The Kier molecular flexibility index (Phi) is 6.15. The average Bonchev–Trinajstić information content (AvgIpc) is 2.71. The zero-order valence-corrected chi connectivity index (χ0v) is 11.8. The number of hydrogen-bond acceptors (Lipinski definition) is 4. The third kappa shape index (κ3) is 3.71. The van der Waals surface area contributed by atoms with Crippen molar-refractivity contribution in [2.45, 2.75) is 52.0 Å². The SMILES string of the molecule is CCCCC(CC)CC(NN)c1cnn(C)c1N. The van der Waals surface area contributed by atoms with E-state index >= 15 is 0 Å². The smallest absolute Gasteiger partial charge is 0.126 e. The van der Waals surface area contributed by atoms with Gasteiger partial charge >= 0.3 is 0 Å². The van der Waals surface area contributed by atoms with Crippen LogP contribution in [0.1, 0.15) is 57.6 Å². The van der Waals surface area contributed by atoms with Gasteiger partial charge in [-0.1, -0.05) is 39.5 Å². The van der Waals surface area contributed by atoms with Crippen LogP contribution in [-0.2, 0) is 7.05 Å². The molecule has 1 heterocycles. The van der Waals surface area contributed by atoms with Crippen LogP contribution in [0, 0.1) is 5.92 Å². The molecule has 1 aromatic heterocycles. The fourth-order valence-electron chi connectivity index (χ4n) is 2.33. The lowest BCUT2D eigenvalue weighted by Crippen LogP contribution is -2.30. The fraction of sp³-hybridized carbons (Fsp3) is 0.769. The number of nitrogens with one attached hydrogen (secondary N) is 1. The lowest BCUT2D eigenvalue weighted by Gasteiger charge is -2.22. The highest BCUT2D eigenvalue weighted by atomic mass is 15.3. The minimum absolute atomic E-state index is 0.0977. The molecule has 5 heteroatoms. The van der Waals surface area contributed by atoms with Crippen LogP contribution in [0.5, 0.6) is 0 Å². The van der Waals surface area contributed by atoms with Crippen LogP contribution in [0.15, 0.2) is 6.20 Å². The number of nitrogens with zero attached hydrogens (tertiary/aromatic N) is 2. The second kappa shape index (κ2) is 7.38. The number of hydrazine groups is 1. The van der Waals surface area contributed by atoms with E-state index in [1.165, 1.54) is 25.7 Å². The highest BCUT2D eigenvalue weighted by Crippen LogP contribution is 2.28. The Morgan fingerprint density at radius 1 is 1.44 bits per heavy atom. The van der Waals surface area contributed by atoms with Crippen LogP contribution in [-0.4, -0.2) is 9.78 Å². The van der Waals surface area contributed by atoms with E-state index in [2.05, 4.69) is 24.4 Å². The summed E-state index contributed by atoms with van der Waals surface area (Å²) in [6, 6.07) is 0.0977. The Morgan fingerprint density at radius 3 is 2.61 bits per heavy atom. The van der Waals surface area contributed by atoms with Gasteiger partial charge in [0.25, 0.3) is 0 Å². The van der Waals surface area contributed by atoms with Crippen molar-refractivity contribution >= 4 is 5.82 Å². The van der Waals surface area contributed by atoms with Crippen molar-refractivity contribution in [2.24, 2.45) is 18.8 Å². The lowest BCUT2D eigenvalue weighted by molar-refractivity contribution is 0.357. The molecule has 1 aromatic rings. The molecule has 0 aliphatic heterocycles. The maximum Gasteiger partial charge on any atom is 0.126 e. The Bertz CT molecular complexity index is 347. The molecule has 1 rings (SSSR count). The van der Waals surface area contributed by atoms with E-state index < -0.39 is 0 Å². The molecule has 0 bridgehead atoms. The molecule has 104 valence electrons. The topological polar surface area (TPSA) is 81.9 Å². The molecule has 18 heavy (non-hydrogen) atoms. The van der Waals surface area contributed by atoms with E-state index in [0.717, 1.165) is 12.0 Å². The normalized spacial score (nSPS) is 14.7. The first-order valence-corrected chi connectivity index (χ1v) is 6.87. The summed E-state index contributed by atoms with van der Waals surface area (Å²) in [6.07, 6.45) is 7.78. The van der Waals surface area contributed by atoms with E-state index in [1.54, 1.807) is 4.68 Å². The van der Waals surface area contributed by atoms with Crippen molar-refractivity contribution in [1.82, 2.24) is 15.2 Å². The van der Waals surface area contributed by atoms with Gasteiger partial charge in [0, 0.05) is 12.6 Å². The minimum atomic E-state index is 0.0977. The largest absolute Gasteiger partial charge is 0.384 e. The van der Waals surface area contributed by atoms with Gasteiger partial charge in [-0.25, -0.2) is 0 Å². The predicted octanol–water partition coefficient (Wildman–Crippen LogP) is 2.11. The van der Waals surface area contributed by atoms with Crippen molar-refractivity contribution in [3.05, 3.63) is 11.8 Å². The third-order valence-corrected chi connectivity index (χ3v) is 3.70. The van der Waals surface area contributed by atoms with Crippen LogP contribution in [0.25, 0.3) is 0 Å². The summed E-state index contributed by atoms with van der Waals surface area (Å²) in [7, 11) is 1.85. The number of rotatable bonds is 8. The number of hydrogen-bond donors (Lipinski definition) is 3. The Balaban J connectivity index is 2.68. The Labute approximate surface area is 110 Å². The molecule has 0 aliphatic rings. The highest BCUT2D eigenvalue weighted by molar-refractivity contribution is 5.40. The number of nitrogen functional groups attached to an aromatic ring is 1. The van der Waals surface area contributed by atoms with Gasteiger partial charge in [-0.15, -0.1) is 0 Å². The van der Waals surface area contributed by atoms with Gasteiger partial charge in [0.15, 0.2) is 0 Å². The molecule has 0 radical (unpaired) electrons. The molecule has 0 fully saturated rings. The molecule has 0 aromatic carbocycles. The van der Waals surface area contributed by atoms with Gasteiger partial charge in [-0.2, -0.15) is 5.10 Å². The summed E-state index contributed by atoms with van der Waals surface area (Å²) < 4.78 is 1.69. The van der Waals surface area contributed by atoms with Crippen LogP contribution >= 0.6 is 0 Å². The van der Waals surface area contributed by atoms with Crippen molar-refractivity contribution in [1.29, 1.82) is 0 Å². The van der Waals surface area contributed by atoms with E-state index in [1.807, 2.05) is 13.2 Å². The van der Waals surface area contributed by atoms with Gasteiger partial charge < -0.3 is 5.73 Å². The van der Waals surface area contributed by atoms with Crippen LogP contribution in [0.3, 0.4) is 0 Å². The van der Waals surface area contributed by atoms with E-state index in [-0.39, 0.29) is 6.04 Å². The third-order valence-electron chi connectivity index (χ3n) is 3.70. The zero-order valence-electron chi connectivity index (χ0n) is 11.8. The van der Waals surface area contributed by atoms with Crippen molar-refractivity contribution in [3.63, 3.8) is 0 Å². The number of aromatic nitrogens is 2.